The third kappa shape index (κ3) is 3.42. The van der Waals surface area contributed by atoms with Crippen molar-refractivity contribution < 1.29 is 4.79 Å². The molecule has 0 aliphatic carbocycles. The zero-order valence-corrected chi connectivity index (χ0v) is 15.2. The zero-order chi connectivity index (χ0) is 18.8. The number of amides is 1. The van der Waals surface area contributed by atoms with Gasteiger partial charge in [0.2, 0.25) is 0 Å². The molecule has 2 aromatic heterocycles. The number of hydrogen-bond donors (Lipinski definition) is 1. The van der Waals surface area contributed by atoms with E-state index in [-0.39, 0.29) is 5.91 Å². The third-order valence-corrected chi connectivity index (χ3v) is 4.54. The van der Waals surface area contributed by atoms with Gasteiger partial charge in [0.05, 0.1) is 11.4 Å². The smallest absolute Gasteiger partial charge is 0.257 e. The molecule has 4 rings (SSSR count). The zero-order valence-electron chi connectivity index (χ0n) is 15.2. The predicted octanol–water partition coefficient (Wildman–Crippen LogP) is 5.17. The first-order valence-electron chi connectivity index (χ1n) is 8.81. The topological polar surface area (TPSA) is 54.9 Å². The van der Waals surface area contributed by atoms with E-state index in [9.17, 15) is 4.79 Å². The molecule has 132 valence electrons. The molecule has 0 aliphatic rings. The second-order valence-corrected chi connectivity index (χ2v) is 6.56. The van der Waals surface area contributed by atoms with E-state index in [1.54, 1.807) is 6.20 Å². The Morgan fingerprint density at radius 2 is 1.70 bits per heavy atom. The number of aryl methyl sites for hydroxylation is 2. The van der Waals surface area contributed by atoms with Crippen LogP contribution >= 0.6 is 0 Å². The van der Waals surface area contributed by atoms with Gasteiger partial charge in [-0.15, -0.1) is 0 Å². The Morgan fingerprint density at radius 1 is 0.889 bits per heavy atom. The Labute approximate surface area is 157 Å². The first-order chi connectivity index (χ1) is 13.1. The van der Waals surface area contributed by atoms with E-state index < -0.39 is 0 Å². The number of anilines is 1. The quantitative estimate of drug-likeness (QED) is 0.553. The average Bonchev–Trinajstić information content (AvgIpc) is 2.70. The number of carbonyl (C=O) groups is 1. The number of benzene rings is 2. The normalized spacial score (nSPS) is 10.7. The highest BCUT2D eigenvalue weighted by molar-refractivity contribution is 6.09. The second kappa shape index (κ2) is 7.00. The van der Waals surface area contributed by atoms with E-state index in [1.807, 2.05) is 80.6 Å². The van der Waals surface area contributed by atoms with Gasteiger partial charge >= 0.3 is 0 Å². The fraction of sp³-hybridized carbons (Fsp3) is 0.0870. The van der Waals surface area contributed by atoms with E-state index in [0.717, 1.165) is 33.3 Å². The molecule has 0 atom stereocenters. The lowest BCUT2D eigenvalue weighted by atomic mass is 10.0. The molecule has 2 heterocycles. The monoisotopic (exact) mass is 353 g/mol. The van der Waals surface area contributed by atoms with Gasteiger partial charge in [0.25, 0.3) is 5.91 Å². The molecule has 0 radical (unpaired) electrons. The SMILES string of the molecule is Cc1ccc(C)c(C(=O)Nc2nc(-c3ccccn3)cc3ccccc23)c1. The van der Waals surface area contributed by atoms with Crippen molar-refractivity contribution in [1.82, 2.24) is 9.97 Å². The molecule has 2 aromatic carbocycles. The van der Waals surface area contributed by atoms with Crippen LogP contribution in [0.2, 0.25) is 0 Å². The van der Waals surface area contributed by atoms with Crippen molar-refractivity contribution >= 4 is 22.5 Å². The highest BCUT2D eigenvalue weighted by atomic mass is 16.1. The number of hydrogen-bond acceptors (Lipinski definition) is 3. The molecule has 0 unspecified atom stereocenters. The lowest BCUT2D eigenvalue weighted by Gasteiger charge is -2.12. The maximum absolute atomic E-state index is 12.9. The van der Waals surface area contributed by atoms with Gasteiger partial charge in [-0.2, -0.15) is 0 Å². The van der Waals surface area contributed by atoms with Gasteiger partial charge in [-0.25, -0.2) is 4.98 Å². The number of fused-ring (bicyclic) bond motifs is 1. The van der Waals surface area contributed by atoms with E-state index in [1.165, 1.54) is 0 Å². The van der Waals surface area contributed by atoms with Crippen molar-refractivity contribution in [2.75, 3.05) is 5.32 Å². The van der Waals surface area contributed by atoms with E-state index >= 15 is 0 Å². The summed E-state index contributed by atoms with van der Waals surface area (Å²) in [5, 5.41) is 4.90. The Morgan fingerprint density at radius 3 is 2.52 bits per heavy atom. The average molecular weight is 353 g/mol. The lowest BCUT2D eigenvalue weighted by molar-refractivity contribution is 0.102. The second-order valence-electron chi connectivity index (χ2n) is 6.56. The molecule has 4 nitrogen and oxygen atoms in total. The number of pyridine rings is 2. The molecular weight excluding hydrogens is 334 g/mol. The summed E-state index contributed by atoms with van der Waals surface area (Å²) >= 11 is 0. The van der Waals surface area contributed by atoms with Gasteiger partial charge in [0.1, 0.15) is 5.82 Å². The lowest BCUT2D eigenvalue weighted by Crippen LogP contribution is -2.15. The Hall–Kier alpha value is -3.53. The van der Waals surface area contributed by atoms with Crippen LogP contribution in [-0.2, 0) is 0 Å². The molecule has 0 saturated carbocycles. The van der Waals surface area contributed by atoms with Gasteiger partial charge in [0.15, 0.2) is 0 Å². The fourth-order valence-electron chi connectivity index (χ4n) is 3.09. The Balaban J connectivity index is 1.80. The van der Waals surface area contributed by atoms with Gasteiger partial charge in [-0.1, -0.05) is 48.0 Å². The third-order valence-electron chi connectivity index (χ3n) is 4.54. The first kappa shape index (κ1) is 16.9. The van der Waals surface area contributed by atoms with Gasteiger partial charge in [-0.05, 0) is 49.1 Å². The highest BCUT2D eigenvalue weighted by Crippen LogP contribution is 2.27. The van der Waals surface area contributed by atoms with Crippen molar-refractivity contribution in [3.63, 3.8) is 0 Å². The molecule has 0 aliphatic heterocycles. The minimum atomic E-state index is -0.160. The summed E-state index contributed by atoms with van der Waals surface area (Å²) in [6, 6.07) is 21.4. The summed E-state index contributed by atoms with van der Waals surface area (Å²) in [4.78, 5) is 22.0. The van der Waals surface area contributed by atoms with Crippen LogP contribution in [0.15, 0.2) is 72.9 Å². The van der Waals surface area contributed by atoms with Crippen molar-refractivity contribution in [3.8, 4) is 11.4 Å². The van der Waals surface area contributed by atoms with Crippen LogP contribution in [0, 0.1) is 13.8 Å². The van der Waals surface area contributed by atoms with E-state index in [0.29, 0.717) is 11.4 Å². The maximum Gasteiger partial charge on any atom is 0.257 e. The maximum atomic E-state index is 12.9. The Bertz CT molecular complexity index is 1140. The van der Waals surface area contributed by atoms with Crippen molar-refractivity contribution in [3.05, 3.63) is 89.6 Å². The van der Waals surface area contributed by atoms with Crippen molar-refractivity contribution in [2.24, 2.45) is 0 Å². The minimum absolute atomic E-state index is 0.160. The van der Waals surface area contributed by atoms with Crippen LogP contribution in [0.3, 0.4) is 0 Å². The highest BCUT2D eigenvalue weighted by Gasteiger charge is 2.14. The minimum Gasteiger partial charge on any atom is -0.306 e. The summed E-state index contributed by atoms with van der Waals surface area (Å²) in [6.45, 7) is 3.91. The number of nitrogens with one attached hydrogen (secondary N) is 1. The molecular formula is C23H19N3O. The summed E-state index contributed by atoms with van der Waals surface area (Å²) in [5.41, 5.74) is 4.13. The van der Waals surface area contributed by atoms with Crippen molar-refractivity contribution in [2.45, 2.75) is 13.8 Å². The molecule has 1 N–H and O–H groups in total. The molecule has 4 aromatic rings. The van der Waals surface area contributed by atoms with Crippen LogP contribution < -0.4 is 5.32 Å². The summed E-state index contributed by atoms with van der Waals surface area (Å²) in [7, 11) is 0. The van der Waals surface area contributed by atoms with Crippen LogP contribution in [0.1, 0.15) is 21.5 Å². The fourth-order valence-corrected chi connectivity index (χ4v) is 3.09. The standard InChI is InChI=1S/C23H19N3O/c1-15-10-11-16(2)19(13-15)23(27)26-22-18-8-4-3-7-17(18)14-21(25-22)20-9-5-6-12-24-20/h3-14H,1-2H3,(H,25,26,27). The molecule has 0 fully saturated rings. The van der Waals surface area contributed by atoms with Crippen LogP contribution in [0.5, 0.6) is 0 Å². The molecule has 0 bridgehead atoms. The molecule has 27 heavy (non-hydrogen) atoms. The molecule has 0 saturated heterocycles. The van der Waals surface area contributed by atoms with Gasteiger partial charge < -0.3 is 5.32 Å². The molecule has 1 amide bonds. The summed E-state index contributed by atoms with van der Waals surface area (Å²) in [6.07, 6.45) is 1.74. The van der Waals surface area contributed by atoms with Gasteiger partial charge in [-0.3, -0.25) is 9.78 Å². The van der Waals surface area contributed by atoms with Crippen LogP contribution in [0.4, 0.5) is 5.82 Å². The first-order valence-corrected chi connectivity index (χ1v) is 8.81. The van der Waals surface area contributed by atoms with E-state index in [4.69, 9.17) is 4.98 Å². The number of nitrogens with zero attached hydrogens (tertiary/aromatic N) is 2. The number of aromatic nitrogens is 2. The molecule has 0 spiro atoms. The summed E-state index contributed by atoms with van der Waals surface area (Å²) < 4.78 is 0. The van der Waals surface area contributed by atoms with Crippen LogP contribution in [0.25, 0.3) is 22.2 Å². The van der Waals surface area contributed by atoms with E-state index in [2.05, 4.69) is 10.3 Å². The molecule has 4 heteroatoms. The largest absolute Gasteiger partial charge is 0.306 e. The van der Waals surface area contributed by atoms with Crippen molar-refractivity contribution in [1.29, 1.82) is 0 Å². The van der Waals surface area contributed by atoms with Gasteiger partial charge in [0, 0.05) is 17.1 Å². The van der Waals surface area contributed by atoms with Crippen LogP contribution in [-0.4, -0.2) is 15.9 Å². The number of carbonyl (C=O) groups excluding carboxylic acids is 1. The Kier molecular flexibility index (Phi) is 4.38. The summed E-state index contributed by atoms with van der Waals surface area (Å²) in [5.74, 6) is 0.381. The predicted molar refractivity (Wildman–Crippen MR) is 109 cm³/mol. The number of rotatable bonds is 3.